The summed E-state index contributed by atoms with van der Waals surface area (Å²) in [5, 5.41) is 2.76. The summed E-state index contributed by atoms with van der Waals surface area (Å²) in [6, 6.07) is 22.0. The maximum Gasteiger partial charge on any atom is 0.264 e. The van der Waals surface area contributed by atoms with Gasteiger partial charge in [-0.05, 0) is 57.0 Å². The molecule has 36 heavy (non-hydrogen) atoms. The van der Waals surface area contributed by atoms with Gasteiger partial charge in [0.2, 0.25) is 11.8 Å². The first-order chi connectivity index (χ1) is 17.1. The van der Waals surface area contributed by atoms with Gasteiger partial charge in [0.05, 0.1) is 10.6 Å². The number of carbonyl (C=O) groups excluding carboxylic acids is 2. The molecule has 8 heteroatoms. The lowest BCUT2D eigenvalue weighted by molar-refractivity contribution is -0.139. The molecule has 0 fully saturated rings. The van der Waals surface area contributed by atoms with E-state index >= 15 is 0 Å². The summed E-state index contributed by atoms with van der Waals surface area (Å²) in [7, 11) is -4.06. The lowest BCUT2D eigenvalue weighted by Gasteiger charge is -2.32. The van der Waals surface area contributed by atoms with E-state index in [9.17, 15) is 18.0 Å². The summed E-state index contributed by atoms with van der Waals surface area (Å²) in [5.41, 5.74) is 2.97. The molecular weight excluding hydrogens is 474 g/mol. The second-order valence-corrected chi connectivity index (χ2v) is 10.6. The summed E-state index contributed by atoms with van der Waals surface area (Å²) in [5.74, 6) is -0.775. The van der Waals surface area contributed by atoms with Gasteiger partial charge in [0.15, 0.2) is 0 Å². The van der Waals surface area contributed by atoms with Gasteiger partial charge in [0.1, 0.15) is 12.6 Å². The zero-order chi connectivity index (χ0) is 26.3. The molecule has 3 aromatic rings. The standard InChI is InChI=1S/C28H33N3O4S/c1-5-29-28(33)23(4)30(19-24-12-8-6-9-13-24)27(32)20-31(26-17-16-21(2)18-22(26)3)36(34,35)25-14-10-7-11-15-25/h6-18,23H,5,19-20H2,1-4H3,(H,29,33). The van der Waals surface area contributed by atoms with Gasteiger partial charge in [-0.1, -0.05) is 66.2 Å². The highest BCUT2D eigenvalue weighted by atomic mass is 32.2. The summed E-state index contributed by atoms with van der Waals surface area (Å²) in [4.78, 5) is 28.0. The van der Waals surface area contributed by atoms with Crippen LogP contribution in [0.4, 0.5) is 5.69 Å². The molecule has 0 aliphatic carbocycles. The van der Waals surface area contributed by atoms with Crippen LogP contribution in [0.3, 0.4) is 0 Å². The van der Waals surface area contributed by atoms with Gasteiger partial charge < -0.3 is 10.2 Å². The smallest absolute Gasteiger partial charge is 0.264 e. The van der Waals surface area contributed by atoms with Crippen molar-refractivity contribution >= 4 is 27.5 Å². The quantitative estimate of drug-likeness (QED) is 0.449. The van der Waals surface area contributed by atoms with Gasteiger partial charge in [-0.15, -0.1) is 0 Å². The molecular formula is C28H33N3O4S. The van der Waals surface area contributed by atoms with E-state index in [2.05, 4.69) is 5.32 Å². The number of benzene rings is 3. The highest BCUT2D eigenvalue weighted by molar-refractivity contribution is 7.92. The Morgan fingerprint density at radius 2 is 1.53 bits per heavy atom. The number of anilines is 1. The molecule has 0 heterocycles. The highest BCUT2D eigenvalue weighted by Gasteiger charge is 2.32. The third kappa shape index (κ3) is 6.31. The van der Waals surface area contributed by atoms with Crippen LogP contribution < -0.4 is 9.62 Å². The zero-order valence-corrected chi connectivity index (χ0v) is 22.0. The van der Waals surface area contributed by atoms with Crippen molar-refractivity contribution in [2.75, 3.05) is 17.4 Å². The number of amides is 2. The average molecular weight is 508 g/mol. The van der Waals surface area contributed by atoms with Crippen LogP contribution in [0.5, 0.6) is 0 Å². The Bertz CT molecular complexity index is 1290. The lowest BCUT2D eigenvalue weighted by Crippen LogP contribution is -2.51. The van der Waals surface area contributed by atoms with Crippen molar-refractivity contribution in [3.8, 4) is 0 Å². The first-order valence-electron chi connectivity index (χ1n) is 11.9. The fourth-order valence-electron chi connectivity index (χ4n) is 4.00. The molecule has 1 unspecified atom stereocenters. The zero-order valence-electron chi connectivity index (χ0n) is 21.1. The summed E-state index contributed by atoms with van der Waals surface area (Å²) < 4.78 is 28.7. The maximum absolute atomic E-state index is 13.8. The number of hydrogen-bond acceptors (Lipinski definition) is 4. The molecule has 2 amide bonds. The molecule has 0 spiro atoms. The Kier molecular flexibility index (Phi) is 8.88. The SMILES string of the molecule is CCNC(=O)C(C)N(Cc1ccccc1)C(=O)CN(c1ccc(C)cc1C)S(=O)(=O)c1ccccc1. The number of nitrogens with one attached hydrogen (secondary N) is 1. The molecule has 3 aromatic carbocycles. The van der Waals surface area contributed by atoms with Crippen LogP contribution in [0.25, 0.3) is 0 Å². The first-order valence-corrected chi connectivity index (χ1v) is 13.3. The van der Waals surface area contributed by atoms with Crippen molar-refractivity contribution in [1.29, 1.82) is 0 Å². The Labute approximate surface area is 213 Å². The van der Waals surface area contributed by atoms with Crippen LogP contribution in [-0.4, -0.2) is 44.3 Å². The number of sulfonamides is 1. The topological polar surface area (TPSA) is 86.8 Å². The maximum atomic E-state index is 13.8. The van der Waals surface area contributed by atoms with E-state index in [1.54, 1.807) is 31.2 Å². The average Bonchev–Trinajstić information content (AvgIpc) is 2.87. The lowest BCUT2D eigenvalue weighted by atomic mass is 10.1. The molecule has 0 saturated heterocycles. The number of aryl methyl sites for hydroxylation is 2. The van der Waals surface area contributed by atoms with Gasteiger partial charge in [0.25, 0.3) is 10.0 Å². The van der Waals surface area contributed by atoms with Gasteiger partial charge in [-0.2, -0.15) is 0 Å². The summed E-state index contributed by atoms with van der Waals surface area (Å²) >= 11 is 0. The predicted molar refractivity (Wildman–Crippen MR) is 142 cm³/mol. The van der Waals surface area contributed by atoms with E-state index in [1.807, 2.05) is 63.2 Å². The fourth-order valence-corrected chi connectivity index (χ4v) is 5.50. The molecule has 0 aliphatic heterocycles. The minimum atomic E-state index is -4.06. The Balaban J connectivity index is 2.04. The Hall–Kier alpha value is -3.65. The minimum absolute atomic E-state index is 0.0872. The molecule has 0 radical (unpaired) electrons. The van der Waals surface area contributed by atoms with Gasteiger partial charge in [-0.3, -0.25) is 13.9 Å². The fraction of sp³-hybridized carbons (Fsp3) is 0.286. The van der Waals surface area contributed by atoms with E-state index in [-0.39, 0.29) is 17.3 Å². The number of likely N-dealkylation sites (N-methyl/N-ethyl adjacent to an activating group) is 1. The number of nitrogens with zero attached hydrogens (tertiary/aromatic N) is 2. The van der Waals surface area contributed by atoms with E-state index in [0.717, 1.165) is 21.0 Å². The van der Waals surface area contributed by atoms with E-state index in [4.69, 9.17) is 0 Å². The molecule has 0 saturated carbocycles. The molecule has 190 valence electrons. The predicted octanol–water partition coefficient (Wildman–Crippen LogP) is 4.05. The molecule has 3 rings (SSSR count). The molecule has 0 aromatic heterocycles. The van der Waals surface area contributed by atoms with Crippen LogP contribution in [0, 0.1) is 13.8 Å². The van der Waals surface area contributed by atoms with E-state index in [0.29, 0.717) is 12.2 Å². The first kappa shape index (κ1) is 26.9. The third-order valence-electron chi connectivity index (χ3n) is 5.95. The van der Waals surface area contributed by atoms with Crippen LogP contribution >= 0.6 is 0 Å². The molecule has 0 bridgehead atoms. The number of carbonyl (C=O) groups is 2. The summed E-state index contributed by atoms with van der Waals surface area (Å²) in [6.45, 7) is 7.35. The third-order valence-corrected chi connectivity index (χ3v) is 7.72. The van der Waals surface area contributed by atoms with Gasteiger partial charge in [-0.25, -0.2) is 8.42 Å². The summed E-state index contributed by atoms with van der Waals surface area (Å²) in [6.07, 6.45) is 0. The molecule has 0 aliphatic rings. The van der Waals surface area contributed by atoms with Crippen molar-refractivity contribution in [3.05, 3.63) is 95.6 Å². The highest BCUT2D eigenvalue weighted by Crippen LogP contribution is 2.28. The Morgan fingerprint density at radius 3 is 2.11 bits per heavy atom. The number of rotatable bonds is 10. The van der Waals surface area contributed by atoms with Gasteiger partial charge >= 0.3 is 0 Å². The Morgan fingerprint density at radius 1 is 0.917 bits per heavy atom. The van der Waals surface area contributed by atoms with Crippen LogP contribution in [0.2, 0.25) is 0 Å². The largest absolute Gasteiger partial charge is 0.355 e. The van der Waals surface area contributed by atoms with Crippen LogP contribution in [-0.2, 0) is 26.2 Å². The molecule has 1 atom stereocenters. The van der Waals surface area contributed by atoms with Crippen molar-refractivity contribution in [3.63, 3.8) is 0 Å². The van der Waals surface area contributed by atoms with E-state index < -0.39 is 28.5 Å². The van der Waals surface area contributed by atoms with Crippen molar-refractivity contribution < 1.29 is 18.0 Å². The van der Waals surface area contributed by atoms with Crippen molar-refractivity contribution in [2.24, 2.45) is 0 Å². The van der Waals surface area contributed by atoms with E-state index in [1.165, 1.54) is 17.0 Å². The van der Waals surface area contributed by atoms with Crippen molar-refractivity contribution in [2.45, 2.75) is 45.2 Å². The normalized spacial score (nSPS) is 12.0. The second-order valence-electron chi connectivity index (χ2n) is 8.69. The number of hydrogen-bond donors (Lipinski definition) is 1. The molecule has 7 nitrogen and oxygen atoms in total. The minimum Gasteiger partial charge on any atom is -0.355 e. The molecule has 1 N–H and O–H groups in total. The second kappa shape index (κ2) is 11.9. The van der Waals surface area contributed by atoms with Crippen LogP contribution in [0.1, 0.15) is 30.5 Å². The van der Waals surface area contributed by atoms with Gasteiger partial charge in [0, 0.05) is 13.1 Å². The monoisotopic (exact) mass is 507 g/mol. The van der Waals surface area contributed by atoms with Crippen LogP contribution in [0.15, 0.2) is 83.8 Å². The van der Waals surface area contributed by atoms with Crippen molar-refractivity contribution in [1.82, 2.24) is 10.2 Å².